The summed E-state index contributed by atoms with van der Waals surface area (Å²) in [5.41, 5.74) is 0.189. The summed E-state index contributed by atoms with van der Waals surface area (Å²) in [4.78, 5) is 8.84. The van der Waals surface area contributed by atoms with E-state index in [1.54, 1.807) is 14.2 Å². The maximum Gasteiger partial charge on any atom is 0.156 e. The Morgan fingerprint density at radius 3 is 2.50 bits per heavy atom. The van der Waals surface area contributed by atoms with E-state index < -0.39 is 0 Å². The minimum atomic E-state index is -0.0979. The topological polar surface area (TPSA) is 56.3 Å². The molecule has 22 heavy (non-hydrogen) atoms. The van der Waals surface area contributed by atoms with E-state index >= 15 is 0 Å². The SMILES string of the molecule is COC(CCCC(C)(C)CNc1ccnc(C(C)C)n1)OC. The molecule has 1 heterocycles. The first-order valence-corrected chi connectivity index (χ1v) is 8.00. The molecule has 1 aromatic rings. The third-order valence-electron chi connectivity index (χ3n) is 3.76. The molecule has 0 radical (unpaired) electrons. The largest absolute Gasteiger partial charge is 0.369 e. The predicted octanol–water partition coefficient (Wildman–Crippen LogP) is 3.83. The fourth-order valence-corrected chi connectivity index (χ4v) is 2.25. The lowest BCUT2D eigenvalue weighted by molar-refractivity contribution is -0.107. The molecule has 0 bridgehead atoms. The summed E-state index contributed by atoms with van der Waals surface area (Å²) in [5.74, 6) is 2.12. The molecular weight excluding hydrogens is 278 g/mol. The van der Waals surface area contributed by atoms with Crippen LogP contribution in [-0.4, -0.2) is 37.0 Å². The number of nitrogens with one attached hydrogen (secondary N) is 1. The molecule has 5 heteroatoms. The highest BCUT2D eigenvalue weighted by molar-refractivity contribution is 5.33. The lowest BCUT2D eigenvalue weighted by Gasteiger charge is -2.26. The molecule has 1 N–H and O–H groups in total. The molecule has 0 aliphatic heterocycles. The highest BCUT2D eigenvalue weighted by Crippen LogP contribution is 2.24. The lowest BCUT2D eigenvalue weighted by Crippen LogP contribution is -2.24. The summed E-state index contributed by atoms with van der Waals surface area (Å²) in [7, 11) is 3.37. The molecule has 1 rings (SSSR count). The summed E-state index contributed by atoms with van der Waals surface area (Å²) in [5, 5.41) is 3.43. The van der Waals surface area contributed by atoms with Gasteiger partial charge in [0.2, 0.25) is 0 Å². The molecule has 5 nitrogen and oxygen atoms in total. The van der Waals surface area contributed by atoms with Gasteiger partial charge in [-0.2, -0.15) is 0 Å². The Morgan fingerprint density at radius 1 is 1.23 bits per heavy atom. The summed E-state index contributed by atoms with van der Waals surface area (Å²) in [6.45, 7) is 9.61. The van der Waals surface area contributed by atoms with Crippen LogP contribution >= 0.6 is 0 Å². The molecule has 1 aromatic heterocycles. The van der Waals surface area contributed by atoms with Gasteiger partial charge in [-0.05, 0) is 30.7 Å². The first kappa shape index (κ1) is 18.8. The smallest absolute Gasteiger partial charge is 0.156 e. The van der Waals surface area contributed by atoms with Gasteiger partial charge in [-0.3, -0.25) is 0 Å². The normalized spacial score (nSPS) is 12.2. The molecule has 0 saturated heterocycles. The van der Waals surface area contributed by atoms with Crippen molar-refractivity contribution in [3.8, 4) is 0 Å². The lowest BCUT2D eigenvalue weighted by atomic mass is 9.87. The zero-order chi connectivity index (χ0) is 16.6. The fraction of sp³-hybridized carbons (Fsp3) is 0.765. The van der Waals surface area contributed by atoms with Crippen molar-refractivity contribution in [1.82, 2.24) is 9.97 Å². The van der Waals surface area contributed by atoms with Crippen molar-refractivity contribution in [2.75, 3.05) is 26.1 Å². The minimum absolute atomic E-state index is 0.0979. The third-order valence-corrected chi connectivity index (χ3v) is 3.76. The van der Waals surface area contributed by atoms with Gasteiger partial charge in [0.05, 0.1) is 0 Å². The molecule has 0 unspecified atom stereocenters. The highest BCUT2D eigenvalue weighted by Gasteiger charge is 2.19. The molecule has 0 aliphatic rings. The molecule has 0 spiro atoms. The van der Waals surface area contributed by atoms with Crippen LogP contribution in [0.5, 0.6) is 0 Å². The quantitative estimate of drug-likeness (QED) is 0.666. The minimum Gasteiger partial charge on any atom is -0.369 e. The Bertz CT molecular complexity index is 432. The van der Waals surface area contributed by atoms with Crippen LogP contribution in [0, 0.1) is 5.41 Å². The van der Waals surface area contributed by atoms with Gasteiger partial charge >= 0.3 is 0 Å². The summed E-state index contributed by atoms with van der Waals surface area (Å²) < 4.78 is 10.4. The van der Waals surface area contributed by atoms with E-state index in [2.05, 4.69) is 43.0 Å². The Labute approximate surface area is 134 Å². The van der Waals surface area contributed by atoms with Crippen molar-refractivity contribution < 1.29 is 9.47 Å². The maximum absolute atomic E-state index is 5.22. The molecule has 0 fully saturated rings. The number of ether oxygens (including phenoxy) is 2. The predicted molar refractivity (Wildman–Crippen MR) is 90.0 cm³/mol. The number of aromatic nitrogens is 2. The van der Waals surface area contributed by atoms with E-state index in [1.807, 2.05) is 12.3 Å². The summed E-state index contributed by atoms with van der Waals surface area (Å²) >= 11 is 0. The number of methoxy groups -OCH3 is 2. The van der Waals surface area contributed by atoms with Gasteiger partial charge in [0.15, 0.2) is 6.29 Å². The van der Waals surface area contributed by atoms with Gasteiger partial charge in [0.25, 0.3) is 0 Å². The second-order valence-corrected chi connectivity index (χ2v) is 6.77. The Morgan fingerprint density at radius 2 is 1.91 bits per heavy atom. The molecule has 0 aromatic carbocycles. The van der Waals surface area contributed by atoms with Crippen LogP contribution in [0.4, 0.5) is 5.82 Å². The summed E-state index contributed by atoms with van der Waals surface area (Å²) in [6.07, 6.45) is 4.81. The average molecular weight is 309 g/mol. The van der Waals surface area contributed by atoms with Crippen molar-refractivity contribution in [1.29, 1.82) is 0 Å². The van der Waals surface area contributed by atoms with E-state index in [0.717, 1.165) is 37.4 Å². The van der Waals surface area contributed by atoms with E-state index in [9.17, 15) is 0 Å². The second-order valence-electron chi connectivity index (χ2n) is 6.77. The Balaban J connectivity index is 2.43. The highest BCUT2D eigenvalue weighted by atomic mass is 16.7. The van der Waals surface area contributed by atoms with Crippen LogP contribution in [0.25, 0.3) is 0 Å². The van der Waals surface area contributed by atoms with E-state index in [4.69, 9.17) is 9.47 Å². The van der Waals surface area contributed by atoms with Crippen LogP contribution < -0.4 is 5.32 Å². The van der Waals surface area contributed by atoms with Gasteiger partial charge in [0.1, 0.15) is 11.6 Å². The van der Waals surface area contributed by atoms with Crippen LogP contribution in [0.1, 0.15) is 58.7 Å². The summed E-state index contributed by atoms with van der Waals surface area (Å²) in [6, 6.07) is 1.92. The van der Waals surface area contributed by atoms with Crippen molar-refractivity contribution in [2.45, 2.75) is 59.2 Å². The Kier molecular flexibility index (Phi) is 7.76. The zero-order valence-corrected chi connectivity index (χ0v) is 14.8. The van der Waals surface area contributed by atoms with Crippen LogP contribution in [-0.2, 0) is 9.47 Å². The molecule has 126 valence electrons. The first-order chi connectivity index (χ1) is 10.4. The van der Waals surface area contributed by atoms with Crippen LogP contribution in [0.2, 0.25) is 0 Å². The maximum atomic E-state index is 5.22. The number of hydrogen-bond acceptors (Lipinski definition) is 5. The van der Waals surface area contributed by atoms with Gasteiger partial charge in [-0.15, -0.1) is 0 Å². The van der Waals surface area contributed by atoms with Gasteiger partial charge < -0.3 is 14.8 Å². The molecule has 0 amide bonds. The number of rotatable bonds is 10. The van der Waals surface area contributed by atoms with E-state index in [-0.39, 0.29) is 11.7 Å². The average Bonchev–Trinajstić information content (AvgIpc) is 2.50. The van der Waals surface area contributed by atoms with Crippen molar-refractivity contribution in [2.24, 2.45) is 5.41 Å². The second kappa shape index (κ2) is 9.06. The monoisotopic (exact) mass is 309 g/mol. The van der Waals surface area contributed by atoms with Crippen LogP contribution in [0.15, 0.2) is 12.3 Å². The number of anilines is 1. The molecular formula is C17H31N3O2. The van der Waals surface area contributed by atoms with Crippen LogP contribution in [0.3, 0.4) is 0 Å². The first-order valence-electron chi connectivity index (χ1n) is 8.00. The molecule has 0 saturated carbocycles. The molecule has 0 aliphatic carbocycles. The number of hydrogen-bond donors (Lipinski definition) is 1. The number of nitrogens with zero attached hydrogens (tertiary/aromatic N) is 2. The van der Waals surface area contributed by atoms with Crippen molar-refractivity contribution in [3.05, 3.63) is 18.1 Å². The fourth-order valence-electron chi connectivity index (χ4n) is 2.25. The Hall–Kier alpha value is -1.20. The van der Waals surface area contributed by atoms with Crippen molar-refractivity contribution in [3.63, 3.8) is 0 Å². The van der Waals surface area contributed by atoms with Crippen molar-refractivity contribution >= 4 is 5.82 Å². The van der Waals surface area contributed by atoms with Gasteiger partial charge in [-0.25, -0.2) is 9.97 Å². The zero-order valence-electron chi connectivity index (χ0n) is 14.8. The third kappa shape index (κ3) is 6.71. The standard InChI is InChI=1S/C17H31N3O2/c1-13(2)16-18-11-9-14(20-16)19-12-17(3,4)10-7-8-15(21-5)22-6/h9,11,13,15H,7-8,10,12H2,1-6H3,(H,18,19,20). The van der Waals surface area contributed by atoms with E-state index in [1.165, 1.54) is 0 Å². The molecule has 0 atom stereocenters. The van der Waals surface area contributed by atoms with E-state index in [0.29, 0.717) is 5.92 Å². The van der Waals surface area contributed by atoms with Gasteiger partial charge in [-0.1, -0.05) is 27.7 Å². The van der Waals surface area contributed by atoms with Gasteiger partial charge in [0, 0.05) is 32.9 Å².